The average Bonchev–Trinajstić information content (AvgIpc) is 3.08. The summed E-state index contributed by atoms with van der Waals surface area (Å²) in [6, 6.07) is 6.77. The summed E-state index contributed by atoms with van der Waals surface area (Å²) < 4.78 is 13.8. The maximum atomic E-state index is 13.8. The van der Waals surface area contributed by atoms with Crippen molar-refractivity contribution >= 4 is 17.7 Å². The van der Waals surface area contributed by atoms with Crippen molar-refractivity contribution in [2.45, 2.75) is 43.8 Å². The van der Waals surface area contributed by atoms with Gasteiger partial charge in [0.25, 0.3) is 0 Å². The summed E-state index contributed by atoms with van der Waals surface area (Å²) in [4.78, 5) is 18.7. The molecule has 1 N–H and O–H groups in total. The molecule has 1 aliphatic rings. The summed E-state index contributed by atoms with van der Waals surface area (Å²) in [7, 11) is 0. The molecule has 2 aromatic rings. The Balaban J connectivity index is 1.61. The number of halogens is 1. The molecule has 0 aliphatic carbocycles. The van der Waals surface area contributed by atoms with Gasteiger partial charge in [0.15, 0.2) is 5.82 Å². The van der Waals surface area contributed by atoms with Gasteiger partial charge in [-0.15, -0.1) is 5.10 Å². The number of likely N-dealkylation sites (tertiary alicyclic amines) is 1. The molecule has 0 bridgehead atoms. The van der Waals surface area contributed by atoms with Crippen molar-refractivity contribution in [2.24, 2.45) is 0 Å². The molecular formula is C17H21FN4OS. The topological polar surface area (TPSA) is 61.9 Å². The first-order chi connectivity index (χ1) is 11.7. The number of hydrogen-bond donors (Lipinski definition) is 1. The van der Waals surface area contributed by atoms with Crippen LogP contribution in [0.3, 0.4) is 0 Å². The minimum atomic E-state index is -0.347. The molecule has 0 radical (unpaired) electrons. The molecule has 1 aromatic carbocycles. The lowest BCUT2D eigenvalue weighted by Crippen LogP contribution is -2.44. The SMILES string of the molecule is CC[C@@H]1CCCCN1C(=O)CSc1n[nH]c(-c2ccccc2F)n1. The number of amides is 1. The molecule has 2 heterocycles. The van der Waals surface area contributed by atoms with E-state index < -0.39 is 0 Å². The van der Waals surface area contributed by atoms with Gasteiger partial charge in [-0.05, 0) is 37.8 Å². The van der Waals surface area contributed by atoms with Gasteiger partial charge < -0.3 is 4.90 Å². The third-order valence-corrected chi connectivity index (χ3v) is 5.17. The van der Waals surface area contributed by atoms with Crippen LogP contribution in [-0.2, 0) is 4.79 Å². The van der Waals surface area contributed by atoms with Crippen LogP contribution in [0.1, 0.15) is 32.6 Å². The van der Waals surface area contributed by atoms with Crippen LogP contribution in [0.15, 0.2) is 29.4 Å². The molecule has 128 valence electrons. The third-order valence-electron chi connectivity index (χ3n) is 4.34. The first-order valence-electron chi connectivity index (χ1n) is 8.28. The zero-order valence-corrected chi connectivity index (χ0v) is 14.5. The van der Waals surface area contributed by atoms with E-state index in [2.05, 4.69) is 22.1 Å². The quantitative estimate of drug-likeness (QED) is 0.840. The van der Waals surface area contributed by atoms with Crippen molar-refractivity contribution in [2.75, 3.05) is 12.3 Å². The van der Waals surface area contributed by atoms with Crippen LogP contribution in [0.5, 0.6) is 0 Å². The molecule has 1 atom stereocenters. The summed E-state index contributed by atoms with van der Waals surface area (Å²) in [5.41, 5.74) is 0.380. The Bertz CT molecular complexity index is 705. The van der Waals surface area contributed by atoms with Gasteiger partial charge in [0.05, 0.1) is 11.3 Å². The predicted octanol–water partition coefficient (Wildman–Crippen LogP) is 3.49. The highest BCUT2D eigenvalue weighted by molar-refractivity contribution is 7.99. The van der Waals surface area contributed by atoms with Crippen LogP contribution >= 0.6 is 11.8 Å². The van der Waals surface area contributed by atoms with E-state index in [-0.39, 0.29) is 11.7 Å². The van der Waals surface area contributed by atoms with Crippen LogP contribution in [0, 0.1) is 5.82 Å². The van der Waals surface area contributed by atoms with E-state index in [1.54, 1.807) is 18.2 Å². The lowest BCUT2D eigenvalue weighted by Gasteiger charge is -2.35. The summed E-state index contributed by atoms with van der Waals surface area (Å²) in [5.74, 6) is 0.474. The van der Waals surface area contributed by atoms with Crippen LogP contribution in [0.25, 0.3) is 11.4 Å². The van der Waals surface area contributed by atoms with E-state index in [1.807, 2.05) is 4.90 Å². The Morgan fingerprint density at radius 3 is 3.04 bits per heavy atom. The van der Waals surface area contributed by atoms with Crippen molar-refractivity contribution < 1.29 is 9.18 Å². The zero-order chi connectivity index (χ0) is 16.9. The molecule has 1 fully saturated rings. The Hall–Kier alpha value is -1.89. The van der Waals surface area contributed by atoms with Crippen LogP contribution < -0.4 is 0 Å². The van der Waals surface area contributed by atoms with Gasteiger partial charge in [-0.2, -0.15) is 0 Å². The molecule has 5 nitrogen and oxygen atoms in total. The number of nitrogens with one attached hydrogen (secondary N) is 1. The fourth-order valence-corrected chi connectivity index (χ4v) is 3.73. The molecule has 1 saturated heterocycles. The highest BCUT2D eigenvalue weighted by Gasteiger charge is 2.25. The molecule has 3 rings (SSSR count). The molecule has 24 heavy (non-hydrogen) atoms. The first kappa shape index (κ1) is 17.0. The fraction of sp³-hybridized carbons (Fsp3) is 0.471. The number of rotatable bonds is 5. The second kappa shape index (κ2) is 7.79. The summed E-state index contributed by atoms with van der Waals surface area (Å²) in [6.45, 7) is 2.96. The van der Waals surface area contributed by atoms with Gasteiger partial charge in [-0.1, -0.05) is 30.8 Å². The first-order valence-corrected chi connectivity index (χ1v) is 9.27. The van der Waals surface area contributed by atoms with Crippen molar-refractivity contribution in [3.63, 3.8) is 0 Å². The number of thioether (sulfide) groups is 1. The van der Waals surface area contributed by atoms with Crippen molar-refractivity contribution in [3.05, 3.63) is 30.1 Å². The maximum Gasteiger partial charge on any atom is 0.233 e. The van der Waals surface area contributed by atoms with Crippen molar-refractivity contribution in [1.82, 2.24) is 20.1 Å². The highest BCUT2D eigenvalue weighted by atomic mass is 32.2. The minimum absolute atomic E-state index is 0.129. The standard InChI is InChI=1S/C17H21FN4OS/c1-2-12-7-5-6-10-22(12)15(23)11-24-17-19-16(20-21-17)13-8-3-4-9-14(13)18/h3-4,8-9,12H,2,5-7,10-11H2,1H3,(H,19,20,21)/t12-/m1/s1. The lowest BCUT2D eigenvalue weighted by atomic mass is 10.0. The Morgan fingerprint density at radius 1 is 1.42 bits per heavy atom. The Kier molecular flexibility index (Phi) is 5.50. The number of hydrogen-bond acceptors (Lipinski definition) is 4. The minimum Gasteiger partial charge on any atom is -0.339 e. The highest BCUT2D eigenvalue weighted by Crippen LogP contribution is 2.24. The van der Waals surface area contributed by atoms with Gasteiger partial charge in [-0.3, -0.25) is 9.89 Å². The second-order valence-electron chi connectivity index (χ2n) is 5.88. The number of benzene rings is 1. The van der Waals surface area contributed by atoms with E-state index in [0.29, 0.717) is 28.3 Å². The second-order valence-corrected chi connectivity index (χ2v) is 6.82. The number of nitrogens with zero attached hydrogens (tertiary/aromatic N) is 3. The lowest BCUT2D eigenvalue weighted by molar-refractivity contribution is -0.132. The molecular weight excluding hydrogens is 327 g/mol. The number of aromatic nitrogens is 3. The molecule has 0 spiro atoms. The average molecular weight is 348 g/mol. The summed E-state index contributed by atoms with van der Waals surface area (Å²) >= 11 is 1.29. The number of piperidine rings is 1. The largest absolute Gasteiger partial charge is 0.339 e. The van der Waals surface area contributed by atoms with E-state index in [0.717, 1.165) is 25.8 Å². The normalized spacial score (nSPS) is 17.9. The van der Waals surface area contributed by atoms with Crippen LogP contribution in [0.2, 0.25) is 0 Å². The molecule has 1 aromatic heterocycles. The Morgan fingerprint density at radius 2 is 2.25 bits per heavy atom. The molecule has 1 aliphatic heterocycles. The number of aromatic amines is 1. The van der Waals surface area contributed by atoms with E-state index in [1.165, 1.54) is 24.2 Å². The van der Waals surface area contributed by atoms with Gasteiger partial charge in [0, 0.05) is 12.6 Å². The van der Waals surface area contributed by atoms with Gasteiger partial charge >= 0.3 is 0 Å². The predicted molar refractivity (Wildman–Crippen MR) is 92.1 cm³/mol. The molecule has 0 unspecified atom stereocenters. The van der Waals surface area contributed by atoms with Gasteiger partial charge in [0.1, 0.15) is 5.82 Å². The third kappa shape index (κ3) is 3.77. The van der Waals surface area contributed by atoms with Crippen molar-refractivity contribution in [1.29, 1.82) is 0 Å². The number of carbonyl (C=O) groups is 1. The number of H-pyrrole nitrogens is 1. The number of carbonyl (C=O) groups excluding carboxylic acids is 1. The van der Waals surface area contributed by atoms with Crippen LogP contribution in [0.4, 0.5) is 4.39 Å². The summed E-state index contributed by atoms with van der Waals surface area (Å²) in [6.07, 6.45) is 4.35. The monoisotopic (exact) mass is 348 g/mol. The van der Waals surface area contributed by atoms with Crippen molar-refractivity contribution in [3.8, 4) is 11.4 Å². The Labute approximate surface area is 145 Å². The molecule has 7 heteroatoms. The van der Waals surface area contributed by atoms with E-state index >= 15 is 0 Å². The van der Waals surface area contributed by atoms with E-state index in [9.17, 15) is 9.18 Å². The zero-order valence-electron chi connectivity index (χ0n) is 13.7. The van der Waals surface area contributed by atoms with Crippen LogP contribution in [-0.4, -0.2) is 44.3 Å². The fourth-order valence-electron chi connectivity index (χ4n) is 3.05. The van der Waals surface area contributed by atoms with Gasteiger partial charge in [-0.25, -0.2) is 9.37 Å². The summed E-state index contributed by atoms with van der Waals surface area (Å²) in [5, 5.41) is 7.28. The van der Waals surface area contributed by atoms with E-state index in [4.69, 9.17) is 0 Å². The maximum absolute atomic E-state index is 13.8. The van der Waals surface area contributed by atoms with Gasteiger partial charge in [0.2, 0.25) is 11.1 Å². The molecule has 0 saturated carbocycles. The molecule has 1 amide bonds. The smallest absolute Gasteiger partial charge is 0.233 e.